The number of thiazole rings is 1. The van der Waals surface area contributed by atoms with E-state index in [4.69, 9.17) is 9.72 Å². The lowest BCUT2D eigenvalue weighted by Gasteiger charge is -2.32. The van der Waals surface area contributed by atoms with Gasteiger partial charge in [-0.3, -0.25) is 0 Å². The molecule has 1 aliphatic rings. The van der Waals surface area contributed by atoms with Crippen LogP contribution in [0.3, 0.4) is 0 Å². The zero-order chi connectivity index (χ0) is 13.1. The van der Waals surface area contributed by atoms with Gasteiger partial charge in [0.2, 0.25) is 0 Å². The fraction of sp³-hybridized carbons (Fsp3) is 0.769. The number of rotatable bonds is 4. The van der Waals surface area contributed by atoms with Gasteiger partial charge in [0.1, 0.15) is 0 Å². The first-order valence-corrected chi connectivity index (χ1v) is 7.48. The van der Waals surface area contributed by atoms with Crippen LogP contribution in [0.5, 0.6) is 0 Å². The summed E-state index contributed by atoms with van der Waals surface area (Å²) in [5.41, 5.74) is 1.15. The summed E-state index contributed by atoms with van der Waals surface area (Å²) in [5, 5.41) is 4.43. The lowest BCUT2D eigenvalue weighted by Crippen LogP contribution is -2.42. The molecule has 1 aliphatic heterocycles. The minimum Gasteiger partial charge on any atom is -0.375 e. The molecule has 0 radical (unpaired) electrons. The Labute approximate surface area is 113 Å². The van der Waals surface area contributed by atoms with Crippen LogP contribution in [0.15, 0.2) is 0 Å². The highest BCUT2D eigenvalue weighted by Crippen LogP contribution is 2.31. The molecule has 2 unspecified atom stereocenters. The lowest BCUT2D eigenvalue weighted by atomic mass is 10.2. The Kier molecular flexibility index (Phi) is 4.59. The maximum absolute atomic E-state index is 5.71. The van der Waals surface area contributed by atoms with E-state index in [2.05, 4.69) is 31.0 Å². The standard InChI is InChI=1S/C13H23N3OS/c1-5-11-8-16(6-7-17-11)13-15-10(3)12(18-13)9(2)14-4/h9,11,14H,5-8H2,1-4H3. The van der Waals surface area contributed by atoms with Crippen LogP contribution in [0.25, 0.3) is 0 Å². The average molecular weight is 269 g/mol. The van der Waals surface area contributed by atoms with Crippen LogP contribution in [0.1, 0.15) is 36.9 Å². The second-order valence-corrected chi connectivity index (χ2v) is 5.81. The van der Waals surface area contributed by atoms with E-state index in [0.717, 1.165) is 36.9 Å². The summed E-state index contributed by atoms with van der Waals surface area (Å²) < 4.78 is 5.71. The molecule has 0 aliphatic carbocycles. The Morgan fingerprint density at radius 2 is 2.39 bits per heavy atom. The summed E-state index contributed by atoms with van der Waals surface area (Å²) in [6.45, 7) is 9.19. The third kappa shape index (κ3) is 2.84. The van der Waals surface area contributed by atoms with E-state index < -0.39 is 0 Å². The fourth-order valence-electron chi connectivity index (χ4n) is 2.20. The summed E-state index contributed by atoms with van der Waals surface area (Å²) in [7, 11) is 1.99. The number of aromatic nitrogens is 1. The number of hydrogen-bond donors (Lipinski definition) is 1. The summed E-state index contributed by atoms with van der Waals surface area (Å²) in [4.78, 5) is 8.42. The first-order chi connectivity index (χ1) is 8.65. The third-order valence-corrected chi connectivity index (χ3v) is 4.91. The number of hydrogen-bond acceptors (Lipinski definition) is 5. The van der Waals surface area contributed by atoms with E-state index >= 15 is 0 Å². The second kappa shape index (κ2) is 5.99. The zero-order valence-corrected chi connectivity index (χ0v) is 12.5. The lowest BCUT2D eigenvalue weighted by molar-refractivity contribution is 0.0384. The molecule has 2 rings (SSSR count). The van der Waals surface area contributed by atoms with Crippen molar-refractivity contribution in [1.82, 2.24) is 10.3 Å². The average Bonchev–Trinajstić information content (AvgIpc) is 2.80. The van der Waals surface area contributed by atoms with Crippen molar-refractivity contribution in [2.24, 2.45) is 0 Å². The first kappa shape index (κ1) is 13.8. The van der Waals surface area contributed by atoms with Gasteiger partial charge in [0.15, 0.2) is 5.13 Å². The summed E-state index contributed by atoms with van der Waals surface area (Å²) in [6, 6.07) is 0.374. The van der Waals surface area contributed by atoms with E-state index in [1.54, 1.807) is 0 Å². The van der Waals surface area contributed by atoms with Crippen molar-refractivity contribution in [2.45, 2.75) is 39.3 Å². The van der Waals surface area contributed by atoms with Gasteiger partial charge >= 0.3 is 0 Å². The van der Waals surface area contributed by atoms with Crippen LogP contribution in [0, 0.1) is 6.92 Å². The monoisotopic (exact) mass is 269 g/mol. The predicted molar refractivity (Wildman–Crippen MR) is 76.6 cm³/mol. The molecular weight excluding hydrogens is 246 g/mol. The Bertz CT molecular complexity index is 394. The Morgan fingerprint density at radius 1 is 1.61 bits per heavy atom. The van der Waals surface area contributed by atoms with Crippen LogP contribution < -0.4 is 10.2 Å². The molecule has 4 nitrogen and oxygen atoms in total. The third-order valence-electron chi connectivity index (χ3n) is 3.51. The van der Waals surface area contributed by atoms with Crippen molar-refractivity contribution in [2.75, 3.05) is 31.6 Å². The Balaban J connectivity index is 2.13. The van der Waals surface area contributed by atoms with Crippen molar-refractivity contribution in [3.63, 3.8) is 0 Å². The van der Waals surface area contributed by atoms with Crippen molar-refractivity contribution >= 4 is 16.5 Å². The van der Waals surface area contributed by atoms with Crippen molar-refractivity contribution in [3.05, 3.63) is 10.6 Å². The number of aryl methyl sites for hydroxylation is 1. The van der Waals surface area contributed by atoms with Crippen LogP contribution in [-0.2, 0) is 4.74 Å². The molecule has 2 atom stereocenters. The predicted octanol–water partition coefficient (Wildman–Crippen LogP) is 2.35. The van der Waals surface area contributed by atoms with Crippen molar-refractivity contribution in [1.29, 1.82) is 0 Å². The van der Waals surface area contributed by atoms with E-state index in [-0.39, 0.29) is 0 Å². The normalized spacial score (nSPS) is 22.2. The van der Waals surface area contributed by atoms with Gasteiger partial charge in [-0.1, -0.05) is 6.92 Å². The molecule has 1 fully saturated rings. The molecule has 1 N–H and O–H groups in total. The second-order valence-electron chi connectivity index (χ2n) is 4.80. The number of nitrogens with one attached hydrogen (secondary N) is 1. The van der Waals surface area contributed by atoms with E-state index in [1.807, 2.05) is 18.4 Å². The number of morpholine rings is 1. The van der Waals surface area contributed by atoms with Crippen LogP contribution in [0.4, 0.5) is 5.13 Å². The Morgan fingerprint density at radius 3 is 3.06 bits per heavy atom. The molecule has 0 aromatic carbocycles. The van der Waals surface area contributed by atoms with E-state index in [0.29, 0.717) is 12.1 Å². The quantitative estimate of drug-likeness (QED) is 0.910. The molecule has 18 heavy (non-hydrogen) atoms. The molecule has 0 spiro atoms. The number of ether oxygens (including phenoxy) is 1. The van der Waals surface area contributed by atoms with E-state index in [1.165, 1.54) is 4.88 Å². The molecule has 5 heteroatoms. The van der Waals surface area contributed by atoms with Gasteiger partial charge in [-0.15, -0.1) is 11.3 Å². The molecule has 0 bridgehead atoms. The molecule has 1 aromatic heterocycles. The molecule has 1 aromatic rings. The van der Waals surface area contributed by atoms with Gasteiger partial charge < -0.3 is 15.0 Å². The number of nitrogens with zero attached hydrogens (tertiary/aromatic N) is 2. The molecule has 2 heterocycles. The maximum Gasteiger partial charge on any atom is 0.185 e. The molecule has 0 saturated carbocycles. The number of anilines is 1. The van der Waals surface area contributed by atoms with Crippen molar-refractivity contribution in [3.8, 4) is 0 Å². The van der Waals surface area contributed by atoms with Crippen LogP contribution in [0.2, 0.25) is 0 Å². The molecular formula is C13H23N3OS. The highest BCUT2D eigenvalue weighted by atomic mass is 32.1. The highest BCUT2D eigenvalue weighted by molar-refractivity contribution is 7.15. The van der Waals surface area contributed by atoms with Gasteiger partial charge in [0.25, 0.3) is 0 Å². The van der Waals surface area contributed by atoms with Crippen LogP contribution >= 0.6 is 11.3 Å². The van der Waals surface area contributed by atoms with Crippen molar-refractivity contribution < 1.29 is 4.74 Å². The smallest absolute Gasteiger partial charge is 0.185 e. The SMILES string of the molecule is CCC1CN(c2nc(C)c(C(C)NC)s2)CCO1. The summed E-state index contributed by atoms with van der Waals surface area (Å²) in [5.74, 6) is 0. The fourth-order valence-corrected chi connectivity index (χ4v) is 3.36. The zero-order valence-electron chi connectivity index (χ0n) is 11.7. The molecule has 1 saturated heterocycles. The van der Waals surface area contributed by atoms with Gasteiger partial charge in [-0.25, -0.2) is 4.98 Å². The first-order valence-electron chi connectivity index (χ1n) is 6.66. The topological polar surface area (TPSA) is 37.4 Å². The van der Waals surface area contributed by atoms with Gasteiger partial charge in [0.05, 0.1) is 18.4 Å². The maximum atomic E-state index is 5.71. The Hall–Kier alpha value is -0.650. The van der Waals surface area contributed by atoms with E-state index in [9.17, 15) is 0 Å². The molecule has 0 amide bonds. The minimum absolute atomic E-state index is 0.355. The van der Waals surface area contributed by atoms with Gasteiger partial charge in [-0.2, -0.15) is 0 Å². The van der Waals surface area contributed by atoms with Gasteiger partial charge in [0, 0.05) is 24.0 Å². The summed E-state index contributed by atoms with van der Waals surface area (Å²) >= 11 is 1.81. The minimum atomic E-state index is 0.355. The van der Waals surface area contributed by atoms with Crippen LogP contribution in [-0.4, -0.2) is 37.8 Å². The highest BCUT2D eigenvalue weighted by Gasteiger charge is 2.23. The molecule has 102 valence electrons. The largest absolute Gasteiger partial charge is 0.375 e. The summed E-state index contributed by atoms with van der Waals surface area (Å²) in [6.07, 6.45) is 1.42. The van der Waals surface area contributed by atoms with Gasteiger partial charge in [-0.05, 0) is 27.3 Å².